The van der Waals surface area contributed by atoms with Crippen molar-refractivity contribution in [2.45, 2.75) is 32.6 Å². The molecule has 0 spiro atoms. The standard InChI is InChI=1S/C16H26BrNO2S/c1-13(2)11-18-12-15(7-5-9-21(3,19)20)14-6-4-8-16(17)10-14/h4,6,8,10,13,15,18H,5,7,9,11-12H2,1-3H3. The molecule has 120 valence electrons. The Labute approximate surface area is 137 Å². The summed E-state index contributed by atoms with van der Waals surface area (Å²) in [6.07, 6.45) is 2.89. The van der Waals surface area contributed by atoms with Gasteiger partial charge in [0.2, 0.25) is 0 Å². The SMILES string of the molecule is CC(C)CNCC(CCCS(C)(=O)=O)c1cccc(Br)c1. The van der Waals surface area contributed by atoms with Crippen molar-refractivity contribution in [3.63, 3.8) is 0 Å². The van der Waals surface area contributed by atoms with E-state index in [0.29, 0.717) is 18.3 Å². The van der Waals surface area contributed by atoms with Crippen LogP contribution in [0.3, 0.4) is 0 Å². The van der Waals surface area contributed by atoms with Crippen molar-refractivity contribution in [3.05, 3.63) is 34.3 Å². The molecule has 0 radical (unpaired) electrons. The van der Waals surface area contributed by atoms with Crippen LogP contribution in [0.15, 0.2) is 28.7 Å². The molecule has 0 saturated heterocycles. The van der Waals surface area contributed by atoms with Crippen LogP contribution in [-0.2, 0) is 9.84 Å². The zero-order chi connectivity index (χ0) is 15.9. The van der Waals surface area contributed by atoms with Crippen LogP contribution in [0.1, 0.15) is 38.2 Å². The normalized spacial score (nSPS) is 13.6. The Balaban J connectivity index is 2.65. The number of halogens is 1. The molecule has 0 heterocycles. The minimum atomic E-state index is -2.87. The summed E-state index contributed by atoms with van der Waals surface area (Å²) in [4.78, 5) is 0. The fourth-order valence-corrected chi connectivity index (χ4v) is 3.39. The molecule has 5 heteroatoms. The van der Waals surface area contributed by atoms with E-state index in [0.717, 1.165) is 24.0 Å². The van der Waals surface area contributed by atoms with Crippen LogP contribution in [0, 0.1) is 5.92 Å². The lowest BCUT2D eigenvalue weighted by atomic mass is 9.94. The molecule has 0 amide bonds. The zero-order valence-electron chi connectivity index (χ0n) is 13.1. The van der Waals surface area contributed by atoms with Crippen LogP contribution in [0.4, 0.5) is 0 Å². The van der Waals surface area contributed by atoms with Gasteiger partial charge in [-0.1, -0.05) is 41.9 Å². The average molecular weight is 376 g/mol. The monoisotopic (exact) mass is 375 g/mol. The molecule has 0 aliphatic rings. The molecule has 0 bridgehead atoms. The van der Waals surface area contributed by atoms with Gasteiger partial charge in [0.15, 0.2) is 0 Å². The summed E-state index contributed by atoms with van der Waals surface area (Å²) >= 11 is 3.51. The zero-order valence-corrected chi connectivity index (χ0v) is 15.5. The number of hydrogen-bond donors (Lipinski definition) is 1. The summed E-state index contributed by atoms with van der Waals surface area (Å²) in [7, 11) is -2.87. The minimum absolute atomic E-state index is 0.266. The Kier molecular flexibility index (Phi) is 7.92. The van der Waals surface area contributed by atoms with E-state index in [1.807, 2.05) is 12.1 Å². The van der Waals surface area contributed by atoms with E-state index in [2.05, 4.69) is 47.2 Å². The molecular formula is C16H26BrNO2S. The Morgan fingerprint density at radius 3 is 2.52 bits per heavy atom. The molecule has 0 saturated carbocycles. The van der Waals surface area contributed by atoms with Crippen LogP contribution < -0.4 is 5.32 Å². The van der Waals surface area contributed by atoms with Gasteiger partial charge < -0.3 is 5.32 Å². The van der Waals surface area contributed by atoms with E-state index in [-0.39, 0.29) is 5.75 Å². The lowest BCUT2D eigenvalue weighted by Gasteiger charge is -2.19. The van der Waals surface area contributed by atoms with E-state index < -0.39 is 9.84 Å². The van der Waals surface area contributed by atoms with Crippen LogP contribution in [0.2, 0.25) is 0 Å². The highest BCUT2D eigenvalue weighted by molar-refractivity contribution is 9.10. The highest BCUT2D eigenvalue weighted by Crippen LogP contribution is 2.24. The molecule has 0 aliphatic carbocycles. The second-order valence-electron chi connectivity index (χ2n) is 6.08. The van der Waals surface area contributed by atoms with E-state index in [1.54, 1.807) is 0 Å². The average Bonchev–Trinajstić information content (AvgIpc) is 2.35. The van der Waals surface area contributed by atoms with E-state index in [1.165, 1.54) is 11.8 Å². The first-order valence-electron chi connectivity index (χ1n) is 7.42. The minimum Gasteiger partial charge on any atom is -0.316 e. The maximum atomic E-state index is 11.3. The van der Waals surface area contributed by atoms with Crippen LogP contribution in [0.5, 0.6) is 0 Å². The predicted octanol–water partition coefficient (Wildman–Crippen LogP) is 3.60. The largest absolute Gasteiger partial charge is 0.316 e. The Morgan fingerprint density at radius 1 is 1.24 bits per heavy atom. The van der Waals surface area contributed by atoms with Gasteiger partial charge in [0.25, 0.3) is 0 Å². The lowest BCUT2D eigenvalue weighted by molar-refractivity contribution is 0.497. The molecule has 0 aromatic heterocycles. The number of nitrogens with one attached hydrogen (secondary N) is 1. The first-order chi connectivity index (χ1) is 9.78. The highest BCUT2D eigenvalue weighted by Gasteiger charge is 2.13. The predicted molar refractivity (Wildman–Crippen MR) is 93.5 cm³/mol. The third-order valence-corrected chi connectivity index (χ3v) is 4.85. The number of rotatable bonds is 9. The fraction of sp³-hybridized carbons (Fsp3) is 0.625. The van der Waals surface area contributed by atoms with E-state index in [4.69, 9.17) is 0 Å². The molecule has 1 aromatic carbocycles. The van der Waals surface area contributed by atoms with Gasteiger partial charge in [-0.2, -0.15) is 0 Å². The first-order valence-corrected chi connectivity index (χ1v) is 10.3. The Bertz CT molecular complexity index is 529. The van der Waals surface area contributed by atoms with Gasteiger partial charge in [-0.25, -0.2) is 8.42 Å². The van der Waals surface area contributed by atoms with Gasteiger partial charge in [-0.05, 0) is 48.9 Å². The van der Waals surface area contributed by atoms with Crippen molar-refractivity contribution in [2.24, 2.45) is 5.92 Å². The molecule has 0 fully saturated rings. The quantitative estimate of drug-likeness (QED) is 0.716. The number of sulfone groups is 1. The van der Waals surface area contributed by atoms with Crippen LogP contribution in [-0.4, -0.2) is 33.5 Å². The maximum absolute atomic E-state index is 11.3. The molecule has 1 aromatic rings. The highest BCUT2D eigenvalue weighted by atomic mass is 79.9. The first kappa shape index (κ1) is 18.7. The molecule has 3 nitrogen and oxygen atoms in total. The van der Waals surface area contributed by atoms with Crippen molar-refractivity contribution >= 4 is 25.8 Å². The van der Waals surface area contributed by atoms with Crippen molar-refractivity contribution in [2.75, 3.05) is 25.1 Å². The van der Waals surface area contributed by atoms with Gasteiger partial charge in [0, 0.05) is 23.0 Å². The summed E-state index contributed by atoms with van der Waals surface area (Å²) in [6.45, 7) is 6.24. The molecule has 21 heavy (non-hydrogen) atoms. The smallest absolute Gasteiger partial charge is 0.147 e. The molecular weight excluding hydrogens is 350 g/mol. The summed E-state index contributed by atoms with van der Waals surface area (Å²) in [5, 5.41) is 3.49. The van der Waals surface area contributed by atoms with Gasteiger partial charge in [0.05, 0.1) is 0 Å². The summed E-state index contributed by atoms with van der Waals surface area (Å²) in [5.74, 6) is 1.23. The number of benzene rings is 1. The van der Waals surface area contributed by atoms with E-state index in [9.17, 15) is 8.42 Å². The third-order valence-electron chi connectivity index (χ3n) is 3.33. The summed E-state index contributed by atoms with van der Waals surface area (Å²) in [6, 6.07) is 8.29. The molecule has 0 aliphatic heterocycles. The van der Waals surface area contributed by atoms with Crippen LogP contribution >= 0.6 is 15.9 Å². The molecule has 1 atom stereocenters. The number of hydrogen-bond acceptors (Lipinski definition) is 3. The van der Waals surface area contributed by atoms with Gasteiger partial charge in [-0.15, -0.1) is 0 Å². The Morgan fingerprint density at radius 2 is 1.95 bits per heavy atom. The second-order valence-corrected chi connectivity index (χ2v) is 9.25. The second kappa shape index (κ2) is 8.91. The lowest BCUT2D eigenvalue weighted by Crippen LogP contribution is -2.25. The van der Waals surface area contributed by atoms with Crippen LogP contribution in [0.25, 0.3) is 0 Å². The summed E-state index contributed by atoms with van der Waals surface area (Å²) < 4.78 is 23.6. The van der Waals surface area contributed by atoms with Gasteiger partial charge in [0.1, 0.15) is 9.84 Å². The van der Waals surface area contributed by atoms with Crippen molar-refractivity contribution in [1.29, 1.82) is 0 Å². The molecule has 1 unspecified atom stereocenters. The molecule has 1 rings (SSSR count). The topological polar surface area (TPSA) is 46.2 Å². The van der Waals surface area contributed by atoms with Gasteiger partial charge in [-0.3, -0.25) is 0 Å². The Hall–Kier alpha value is -0.390. The van der Waals surface area contributed by atoms with E-state index >= 15 is 0 Å². The van der Waals surface area contributed by atoms with Crippen molar-refractivity contribution < 1.29 is 8.42 Å². The third kappa shape index (κ3) is 8.59. The summed E-state index contributed by atoms with van der Waals surface area (Å²) in [5.41, 5.74) is 1.26. The maximum Gasteiger partial charge on any atom is 0.147 e. The fourth-order valence-electron chi connectivity index (χ4n) is 2.29. The van der Waals surface area contributed by atoms with Gasteiger partial charge >= 0.3 is 0 Å². The molecule has 1 N–H and O–H groups in total. The van der Waals surface area contributed by atoms with Crippen molar-refractivity contribution in [1.82, 2.24) is 5.32 Å². The van der Waals surface area contributed by atoms with Crippen molar-refractivity contribution in [3.8, 4) is 0 Å².